The highest BCUT2D eigenvalue weighted by Crippen LogP contribution is 2.28. The largest absolute Gasteiger partial charge is 0.478 e. The first kappa shape index (κ1) is 12.4. The third-order valence-electron chi connectivity index (χ3n) is 3.42. The number of hydrogen-bond donors (Lipinski definition) is 1. The monoisotopic (exact) mass is 280 g/mol. The minimum Gasteiger partial charge on any atom is -0.478 e. The first-order chi connectivity index (χ1) is 9.16. The van der Waals surface area contributed by atoms with Crippen molar-refractivity contribution < 1.29 is 14.6 Å². The molecule has 2 aromatic heterocycles. The molecule has 1 N–H and O–H groups in total. The molecule has 0 aromatic carbocycles. The number of carboxylic acids is 1. The van der Waals surface area contributed by atoms with Gasteiger partial charge in [-0.15, -0.1) is 0 Å². The van der Waals surface area contributed by atoms with Crippen molar-refractivity contribution in [3.63, 3.8) is 0 Å². The van der Waals surface area contributed by atoms with Crippen LogP contribution in [0.4, 0.5) is 0 Å². The van der Waals surface area contributed by atoms with E-state index < -0.39 is 5.97 Å². The van der Waals surface area contributed by atoms with Crippen molar-refractivity contribution in [1.29, 1.82) is 0 Å². The third-order valence-corrected chi connectivity index (χ3v) is 3.73. The number of rotatable bonds is 3. The van der Waals surface area contributed by atoms with Gasteiger partial charge >= 0.3 is 5.97 Å². The molecule has 0 saturated carbocycles. The molecule has 0 spiro atoms. The first-order valence-electron chi connectivity index (χ1n) is 6.11. The Hall–Kier alpha value is -1.59. The van der Waals surface area contributed by atoms with Crippen LogP contribution in [0.25, 0.3) is 11.0 Å². The van der Waals surface area contributed by atoms with E-state index in [4.69, 9.17) is 16.3 Å². The van der Waals surface area contributed by atoms with E-state index in [0.29, 0.717) is 35.1 Å². The van der Waals surface area contributed by atoms with Crippen LogP contribution in [0.15, 0.2) is 18.5 Å². The molecule has 1 aliphatic heterocycles. The second kappa shape index (κ2) is 4.83. The quantitative estimate of drug-likeness (QED) is 0.938. The van der Waals surface area contributed by atoms with E-state index in [1.807, 2.05) is 4.57 Å². The van der Waals surface area contributed by atoms with Gasteiger partial charge in [0.1, 0.15) is 5.65 Å². The Morgan fingerprint density at radius 1 is 1.63 bits per heavy atom. The van der Waals surface area contributed by atoms with Crippen molar-refractivity contribution in [3.05, 3.63) is 29.0 Å². The highest BCUT2D eigenvalue weighted by atomic mass is 35.5. The summed E-state index contributed by atoms with van der Waals surface area (Å²) in [5.74, 6) is -0.584. The first-order valence-corrected chi connectivity index (χ1v) is 6.49. The lowest BCUT2D eigenvalue weighted by Crippen LogP contribution is -2.10. The van der Waals surface area contributed by atoms with Gasteiger partial charge < -0.3 is 14.4 Å². The van der Waals surface area contributed by atoms with Gasteiger partial charge in [-0.3, -0.25) is 0 Å². The van der Waals surface area contributed by atoms with Crippen LogP contribution >= 0.6 is 11.6 Å². The smallest absolute Gasteiger partial charge is 0.337 e. The van der Waals surface area contributed by atoms with E-state index >= 15 is 0 Å². The summed E-state index contributed by atoms with van der Waals surface area (Å²) in [6.45, 7) is 2.18. The zero-order valence-electron chi connectivity index (χ0n) is 10.2. The molecule has 19 heavy (non-hydrogen) atoms. The maximum absolute atomic E-state index is 11.3. The Morgan fingerprint density at radius 3 is 3.16 bits per heavy atom. The Labute approximate surface area is 114 Å². The lowest BCUT2D eigenvalue weighted by Gasteiger charge is -2.09. The highest BCUT2D eigenvalue weighted by Gasteiger charge is 2.21. The van der Waals surface area contributed by atoms with E-state index in [0.717, 1.165) is 13.0 Å². The number of nitrogens with zero attached hydrogens (tertiary/aromatic N) is 2. The summed E-state index contributed by atoms with van der Waals surface area (Å²) in [7, 11) is 0. The lowest BCUT2D eigenvalue weighted by atomic mass is 10.1. The summed E-state index contributed by atoms with van der Waals surface area (Å²) in [4.78, 5) is 15.6. The van der Waals surface area contributed by atoms with Gasteiger partial charge in [0.2, 0.25) is 0 Å². The van der Waals surface area contributed by atoms with Crippen molar-refractivity contribution in [2.75, 3.05) is 13.2 Å². The summed E-state index contributed by atoms with van der Waals surface area (Å²) in [5.41, 5.74) is 0.823. The maximum atomic E-state index is 11.3. The molecule has 1 atom stereocenters. The van der Waals surface area contributed by atoms with Crippen molar-refractivity contribution >= 4 is 28.6 Å². The van der Waals surface area contributed by atoms with E-state index in [9.17, 15) is 9.90 Å². The fraction of sp³-hybridized carbons (Fsp3) is 0.385. The Morgan fingerprint density at radius 2 is 2.47 bits per heavy atom. The molecule has 1 saturated heterocycles. The summed E-state index contributed by atoms with van der Waals surface area (Å²) in [6, 6.07) is 1.61. The van der Waals surface area contributed by atoms with Gasteiger partial charge in [0.25, 0.3) is 0 Å². The molecule has 0 bridgehead atoms. The van der Waals surface area contributed by atoms with Gasteiger partial charge in [0.15, 0.2) is 0 Å². The van der Waals surface area contributed by atoms with Crippen LogP contribution in [-0.2, 0) is 11.3 Å². The molecule has 0 radical (unpaired) electrons. The maximum Gasteiger partial charge on any atom is 0.337 e. The number of hydrogen-bond acceptors (Lipinski definition) is 3. The number of carboxylic acid groups (broad SMARTS) is 1. The Balaban J connectivity index is 2.09. The van der Waals surface area contributed by atoms with Gasteiger partial charge in [-0.05, 0) is 12.5 Å². The molecule has 0 amide bonds. The molecule has 3 rings (SSSR count). The van der Waals surface area contributed by atoms with Crippen molar-refractivity contribution in [2.45, 2.75) is 13.0 Å². The van der Waals surface area contributed by atoms with Crippen molar-refractivity contribution in [2.24, 2.45) is 5.92 Å². The standard InChI is InChI=1S/C13H13ClN2O3/c14-10-1-3-15-12-11(10)9(13(17)18)6-16(12)5-8-2-4-19-7-8/h1,3,6,8H,2,4-5,7H2,(H,17,18). The number of aromatic carboxylic acids is 1. The Bertz CT molecular complexity index is 632. The summed E-state index contributed by atoms with van der Waals surface area (Å²) < 4.78 is 7.21. The summed E-state index contributed by atoms with van der Waals surface area (Å²) >= 11 is 6.09. The molecule has 1 unspecified atom stereocenters. The average molecular weight is 281 g/mol. The number of aromatic nitrogens is 2. The molecule has 3 heterocycles. The predicted molar refractivity (Wildman–Crippen MR) is 70.6 cm³/mol. The number of ether oxygens (including phenoxy) is 1. The zero-order valence-corrected chi connectivity index (χ0v) is 10.9. The van der Waals surface area contributed by atoms with Crippen LogP contribution in [0.3, 0.4) is 0 Å². The second-order valence-electron chi connectivity index (χ2n) is 4.72. The van der Waals surface area contributed by atoms with Crippen LogP contribution in [0.5, 0.6) is 0 Å². The number of pyridine rings is 1. The van der Waals surface area contributed by atoms with Gasteiger partial charge in [0, 0.05) is 31.5 Å². The third kappa shape index (κ3) is 2.19. The molecule has 5 nitrogen and oxygen atoms in total. The number of fused-ring (bicyclic) bond motifs is 1. The molecule has 2 aromatic rings. The second-order valence-corrected chi connectivity index (χ2v) is 5.13. The van der Waals surface area contributed by atoms with Crippen LogP contribution in [0.1, 0.15) is 16.8 Å². The van der Waals surface area contributed by atoms with E-state index in [1.165, 1.54) is 0 Å². The molecule has 1 fully saturated rings. The normalized spacial score (nSPS) is 19.1. The SMILES string of the molecule is O=C(O)c1cn(CC2CCOC2)c2nccc(Cl)c12. The zero-order chi connectivity index (χ0) is 13.4. The topological polar surface area (TPSA) is 64.3 Å². The van der Waals surface area contributed by atoms with Crippen LogP contribution < -0.4 is 0 Å². The number of carbonyl (C=O) groups is 1. The summed E-state index contributed by atoms with van der Waals surface area (Å²) in [6.07, 6.45) is 4.20. The highest BCUT2D eigenvalue weighted by molar-refractivity contribution is 6.36. The molecular weight excluding hydrogens is 268 g/mol. The van der Waals surface area contributed by atoms with Gasteiger partial charge in [0.05, 0.1) is 22.6 Å². The van der Waals surface area contributed by atoms with Gasteiger partial charge in [-0.2, -0.15) is 0 Å². The molecule has 1 aliphatic rings. The van der Waals surface area contributed by atoms with Crippen molar-refractivity contribution in [1.82, 2.24) is 9.55 Å². The van der Waals surface area contributed by atoms with Crippen LogP contribution in [-0.4, -0.2) is 33.8 Å². The fourth-order valence-electron chi connectivity index (χ4n) is 2.48. The Kier molecular flexibility index (Phi) is 3.16. The molecule has 100 valence electrons. The van der Waals surface area contributed by atoms with E-state index in [1.54, 1.807) is 18.5 Å². The van der Waals surface area contributed by atoms with E-state index in [-0.39, 0.29) is 5.56 Å². The van der Waals surface area contributed by atoms with E-state index in [2.05, 4.69) is 4.98 Å². The predicted octanol–water partition coefficient (Wildman–Crippen LogP) is 2.42. The molecular formula is C13H13ClN2O3. The van der Waals surface area contributed by atoms with Crippen LogP contribution in [0.2, 0.25) is 5.02 Å². The molecule has 6 heteroatoms. The average Bonchev–Trinajstić information content (AvgIpc) is 2.99. The van der Waals surface area contributed by atoms with Crippen LogP contribution in [0, 0.1) is 5.92 Å². The minimum absolute atomic E-state index is 0.201. The number of halogens is 1. The summed E-state index contributed by atoms with van der Waals surface area (Å²) in [5, 5.41) is 10.2. The van der Waals surface area contributed by atoms with Gasteiger partial charge in [-0.1, -0.05) is 11.6 Å². The fourth-order valence-corrected chi connectivity index (χ4v) is 2.73. The van der Waals surface area contributed by atoms with Gasteiger partial charge in [-0.25, -0.2) is 9.78 Å². The minimum atomic E-state index is -0.985. The van der Waals surface area contributed by atoms with Crippen molar-refractivity contribution in [3.8, 4) is 0 Å². The molecule has 0 aliphatic carbocycles. The lowest BCUT2D eigenvalue weighted by molar-refractivity contribution is 0.0698.